The lowest BCUT2D eigenvalue weighted by molar-refractivity contribution is 0.409. The van der Waals surface area contributed by atoms with Crippen molar-refractivity contribution in [3.8, 4) is 17.2 Å². The van der Waals surface area contributed by atoms with Gasteiger partial charge in [0.05, 0.1) is 17.8 Å². The minimum atomic E-state index is 0.506. The molecule has 94 valence electrons. The predicted octanol–water partition coefficient (Wildman–Crippen LogP) is 4.49. The lowest BCUT2D eigenvalue weighted by Crippen LogP contribution is -1.93. The molecule has 0 unspecified atom stereocenters. The summed E-state index contributed by atoms with van der Waals surface area (Å²) in [5.74, 6) is 1.73. The summed E-state index contributed by atoms with van der Waals surface area (Å²) in [6.07, 6.45) is 0. The lowest BCUT2D eigenvalue weighted by atomic mass is 10.2. The van der Waals surface area contributed by atoms with Crippen LogP contribution in [0.4, 0.5) is 5.69 Å². The van der Waals surface area contributed by atoms with Gasteiger partial charge in [0.1, 0.15) is 11.5 Å². The highest BCUT2D eigenvalue weighted by Gasteiger charge is 2.07. The van der Waals surface area contributed by atoms with Crippen molar-refractivity contribution in [2.75, 3.05) is 12.8 Å². The second-order valence-electron chi connectivity index (χ2n) is 3.58. The molecule has 5 heteroatoms. The van der Waals surface area contributed by atoms with Gasteiger partial charge in [0.25, 0.3) is 0 Å². The molecule has 0 radical (unpaired) electrons. The zero-order valence-corrected chi connectivity index (χ0v) is 12.0. The number of methoxy groups -OCH3 is 1. The number of anilines is 1. The fourth-order valence-electron chi connectivity index (χ4n) is 1.41. The molecule has 0 saturated carbocycles. The Morgan fingerprint density at radius 2 is 1.89 bits per heavy atom. The molecular weight excluding hydrogens is 318 g/mol. The van der Waals surface area contributed by atoms with Gasteiger partial charge in [-0.25, -0.2) is 0 Å². The Kier molecular flexibility index (Phi) is 3.99. The highest BCUT2D eigenvalue weighted by Crippen LogP contribution is 2.35. The van der Waals surface area contributed by atoms with E-state index in [1.54, 1.807) is 37.4 Å². The van der Waals surface area contributed by atoms with Gasteiger partial charge in [-0.1, -0.05) is 27.5 Å². The van der Waals surface area contributed by atoms with Gasteiger partial charge in [-0.05, 0) is 30.3 Å². The van der Waals surface area contributed by atoms with Crippen LogP contribution < -0.4 is 15.2 Å². The number of hydrogen-bond acceptors (Lipinski definition) is 3. The number of nitrogen functional groups attached to an aromatic ring is 1. The van der Waals surface area contributed by atoms with Crippen molar-refractivity contribution in [2.45, 2.75) is 0 Å². The molecule has 0 aliphatic carbocycles. The van der Waals surface area contributed by atoms with Crippen LogP contribution in [0.25, 0.3) is 0 Å². The summed E-state index contributed by atoms with van der Waals surface area (Å²) in [6, 6.07) is 10.6. The van der Waals surface area contributed by atoms with Crippen molar-refractivity contribution in [1.29, 1.82) is 0 Å². The molecule has 2 aromatic carbocycles. The first-order valence-electron chi connectivity index (χ1n) is 5.16. The van der Waals surface area contributed by atoms with E-state index in [2.05, 4.69) is 15.9 Å². The third-order valence-electron chi connectivity index (χ3n) is 2.33. The molecule has 0 aliphatic rings. The Morgan fingerprint density at radius 3 is 2.56 bits per heavy atom. The van der Waals surface area contributed by atoms with Gasteiger partial charge in [-0.15, -0.1) is 0 Å². The summed E-state index contributed by atoms with van der Waals surface area (Å²) in [7, 11) is 1.59. The van der Waals surface area contributed by atoms with Gasteiger partial charge >= 0.3 is 0 Å². The summed E-state index contributed by atoms with van der Waals surface area (Å²) < 4.78 is 11.7. The second kappa shape index (κ2) is 5.50. The van der Waals surface area contributed by atoms with Gasteiger partial charge in [-0.2, -0.15) is 0 Å². The summed E-state index contributed by atoms with van der Waals surface area (Å²) in [5.41, 5.74) is 6.36. The van der Waals surface area contributed by atoms with E-state index in [1.165, 1.54) is 0 Å². The maximum atomic E-state index is 6.08. The lowest BCUT2D eigenvalue weighted by Gasteiger charge is -2.11. The molecule has 0 aromatic heterocycles. The van der Waals surface area contributed by atoms with Crippen molar-refractivity contribution < 1.29 is 9.47 Å². The Hall–Kier alpha value is -1.39. The van der Waals surface area contributed by atoms with Crippen molar-refractivity contribution in [3.63, 3.8) is 0 Å². The Morgan fingerprint density at radius 1 is 1.11 bits per heavy atom. The fourth-order valence-corrected chi connectivity index (χ4v) is 2.12. The number of rotatable bonds is 3. The van der Waals surface area contributed by atoms with Crippen LogP contribution >= 0.6 is 27.5 Å². The smallest absolute Gasteiger partial charge is 0.154 e. The molecule has 0 amide bonds. The van der Waals surface area contributed by atoms with Crippen LogP contribution in [0.3, 0.4) is 0 Å². The maximum absolute atomic E-state index is 6.08. The van der Waals surface area contributed by atoms with E-state index < -0.39 is 0 Å². The van der Waals surface area contributed by atoms with Gasteiger partial charge in [0.2, 0.25) is 0 Å². The second-order valence-corrected chi connectivity index (χ2v) is 4.90. The van der Waals surface area contributed by atoms with Crippen molar-refractivity contribution in [3.05, 3.63) is 45.9 Å². The topological polar surface area (TPSA) is 44.5 Å². The third kappa shape index (κ3) is 2.89. The zero-order chi connectivity index (χ0) is 13.1. The van der Waals surface area contributed by atoms with Crippen LogP contribution in [0.1, 0.15) is 0 Å². The van der Waals surface area contributed by atoms with Crippen molar-refractivity contribution >= 4 is 33.2 Å². The fraction of sp³-hybridized carbons (Fsp3) is 0.0769. The Bertz CT molecular complexity index is 575. The molecule has 18 heavy (non-hydrogen) atoms. The first kappa shape index (κ1) is 13.1. The number of halogens is 2. The van der Waals surface area contributed by atoms with Gasteiger partial charge in [0.15, 0.2) is 5.75 Å². The van der Waals surface area contributed by atoms with Crippen LogP contribution in [0.15, 0.2) is 40.9 Å². The summed E-state index contributed by atoms with van der Waals surface area (Å²) >= 11 is 9.41. The van der Waals surface area contributed by atoms with Gasteiger partial charge in [-0.3, -0.25) is 0 Å². The van der Waals surface area contributed by atoms with Gasteiger partial charge in [0, 0.05) is 10.5 Å². The van der Waals surface area contributed by atoms with Crippen molar-refractivity contribution in [2.24, 2.45) is 0 Å². The van der Waals surface area contributed by atoms with E-state index in [9.17, 15) is 0 Å². The average Bonchev–Trinajstić information content (AvgIpc) is 2.35. The van der Waals surface area contributed by atoms with Crippen LogP contribution in [-0.4, -0.2) is 7.11 Å². The van der Waals surface area contributed by atoms with Gasteiger partial charge < -0.3 is 15.2 Å². The third-order valence-corrected chi connectivity index (χ3v) is 3.12. The van der Waals surface area contributed by atoms with E-state index in [1.807, 2.05) is 6.07 Å². The van der Waals surface area contributed by atoms with E-state index in [4.69, 9.17) is 26.8 Å². The minimum Gasteiger partial charge on any atom is -0.497 e. The van der Waals surface area contributed by atoms with E-state index in [0.717, 1.165) is 4.47 Å². The number of benzene rings is 2. The van der Waals surface area contributed by atoms with Crippen LogP contribution in [0.2, 0.25) is 5.02 Å². The minimum absolute atomic E-state index is 0.506. The molecule has 2 rings (SSSR count). The first-order chi connectivity index (χ1) is 8.60. The van der Waals surface area contributed by atoms with Crippen LogP contribution in [-0.2, 0) is 0 Å². The Labute approximate surface area is 119 Å². The normalized spacial score (nSPS) is 10.2. The average molecular weight is 329 g/mol. The summed E-state index contributed by atoms with van der Waals surface area (Å²) in [6.45, 7) is 0. The molecular formula is C13H11BrClNO2. The van der Waals surface area contributed by atoms with E-state index in [0.29, 0.717) is 28.0 Å². The van der Waals surface area contributed by atoms with Crippen LogP contribution in [0, 0.1) is 0 Å². The van der Waals surface area contributed by atoms with E-state index in [-0.39, 0.29) is 0 Å². The standard InChI is InChI=1S/C13H11BrClNO2/c1-17-9-3-4-11(16)13(7-9)18-12-5-2-8(14)6-10(12)15/h2-7H,16H2,1H3. The molecule has 2 aromatic rings. The maximum Gasteiger partial charge on any atom is 0.154 e. The highest BCUT2D eigenvalue weighted by atomic mass is 79.9. The summed E-state index contributed by atoms with van der Waals surface area (Å²) in [4.78, 5) is 0. The largest absolute Gasteiger partial charge is 0.497 e. The highest BCUT2D eigenvalue weighted by molar-refractivity contribution is 9.10. The molecule has 0 heterocycles. The predicted molar refractivity (Wildman–Crippen MR) is 76.6 cm³/mol. The molecule has 0 bridgehead atoms. The zero-order valence-electron chi connectivity index (χ0n) is 9.61. The monoisotopic (exact) mass is 327 g/mol. The molecule has 3 nitrogen and oxygen atoms in total. The SMILES string of the molecule is COc1ccc(N)c(Oc2ccc(Br)cc2Cl)c1. The van der Waals surface area contributed by atoms with E-state index >= 15 is 0 Å². The van der Waals surface area contributed by atoms with Crippen molar-refractivity contribution in [1.82, 2.24) is 0 Å². The van der Waals surface area contributed by atoms with Crippen LogP contribution in [0.5, 0.6) is 17.2 Å². The number of ether oxygens (including phenoxy) is 2. The number of hydrogen-bond donors (Lipinski definition) is 1. The number of nitrogens with two attached hydrogens (primary N) is 1. The molecule has 0 atom stereocenters. The quantitative estimate of drug-likeness (QED) is 0.845. The molecule has 0 saturated heterocycles. The first-order valence-corrected chi connectivity index (χ1v) is 6.33. The molecule has 0 spiro atoms. The molecule has 0 fully saturated rings. The summed E-state index contributed by atoms with van der Waals surface area (Å²) in [5, 5.41) is 0.506. The Balaban J connectivity index is 2.33. The molecule has 2 N–H and O–H groups in total. The molecule has 0 aliphatic heterocycles.